The number of nitrogens with two attached hydrogens (primary N) is 1. The lowest BCUT2D eigenvalue weighted by Crippen LogP contribution is -2.37. The van der Waals surface area contributed by atoms with E-state index in [1.54, 1.807) is 44.8 Å². The molecule has 2 N–H and O–H groups in total. The maximum atomic E-state index is 12.7. The van der Waals surface area contributed by atoms with Crippen LogP contribution in [0.1, 0.15) is 17.5 Å². The molecule has 1 unspecified atom stereocenters. The number of nitrogens with zero attached hydrogens (tertiary/aromatic N) is 1. The van der Waals surface area contributed by atoms with Gasteiger partial charge in [-0.1, -0.05) is 0 Å². The molecule has 1 heterocycles. The van der Waals surface area contributed by atoms with E-state index in [9.17, 15) is 8.42 Å². The van der Waals surface area contributed by atoms with Crippen molar-refractivity contribution in [1.29, 1.82) is 0 Å². The highest BCUT2D eigenvalue weighted by Crippen LogP contribution is 2.30. The fourth-order valence-corrected chi connectivity index (χ4v) is 5.69. The summed E-state index contributed by atoms with van der Waals surface area (Å²) in [6.45, 7) is 3.60. The quantitative estimate of drug-likeness (QED) is 0.867. The van der Waals surface area contributed by atoms with Crippen LogP contribution in [0.3, 0.4) is 0 Å². The maximum absolute atomic E-state index is 12.7. The lowest BCUT2D eigenvalue weighted by atomic mass is 10.1. The first-order chi connectivity index (χ1) is 8.84. The third kappa shape index (κ3) is 2.75. The van der Waals surface area contributed by atoms with Gasteiger partial charge in [0.1, 0.15) is 0 Å². The fraction of sp³-hybridized carbons (Fsp3) is 0.538. The molecule has 0 radical (unpaired) electrons. The molecule has 0 amide bonds. The molecule has 1 saturated heterocycles. The predicted octanol–water partition coefficient (Wildman–Crippen LogP) is 2.01. The summed E-state index contributed by atoms with van der Waals surface area (Å²) >= 11 is 1.81. The molecule has 1 aromatic rings. The molecular weight excluding hydrogens is 280 g/mol. The van der Waals surface area contributed by atoms with Crippen molar-refractivity contribution in [3.05, 3.63) is 23.3 Å². The van der Waals surface area contributed by atoms with Crippen molar-refractivity contribution in [2.45, 2.75) is 31.2 Å². The van der Waals surface area contributed by atoms with Crippen molar-refractivity contribution < 1.29 is 8.42 Å². The van der Waals surface area contributed by atoms with E-state index in [-0.39, 0.29) is 6.04 Å². The van der Waals surface area contributed by atoms with Crippen LogP contribution in [0, 0.1) is 13.8 Å². The summed E-state index contributed by atoms with van der Waals surface area (Å²) in [4.78, 5) is 0.404. The van der Waals surface area contributed by atoms with Crippen LogP contribution in [0.2, 0.25) is 0 Å². The number of sulfonamides is 1. The van der Waals surface area contributed by atoms with Crippen LogP contribution in [0.25, 0.3) is 0 Å². The Morgan fingerprint density at radius 2 is 1.89 bits per heavy atom. The van der Waals surface area contributed by atoms with Gasteiger partial charge >= 0.3 is 0 Å². The minimum Gasteiger partial charge on any atom is -0.399 e. The van der Waals surface area contributed by atoms with Gasteiger partial charge < -0.3 is 5.73 Å². The number of nitrogen functional groups attached to an aromatic ring is 1. The first-order valence-corrected chi connectivity index (χ1v) is 8.86. The van der Waals surface area contributed by atoms with E-state index in [0.717, 1.165) is 29.1 Å². The maximum Gasteiger partial charge on any atom is 0.243 e. The molecule has 0 spiro atoms. The Morgan fingerprint density at radius 1 is 1.32 bits per heavy atom. The van der Waals surface area contributed by atoms with E-state index in [2.05, 4.69) is 0 Å². The predicted molar refractivity (Wildman–Crippen MR) is 81.0 cm³/mol. The summed E-state index contributed by atoms with van der Waals surface area (Å²) in [5.74, 6) is 1.91. The second-order valence-electron chi connectivity index (χ2n) is 5.02. The Hall–Kier alpha value is -0.720. The van der Waals surface area contributed by atoms with E-state index in [4.69, 9.17) is 5.73 Å². The standard InChI is InChI=1S/C13H20N2O2S2/c1-9-6-11(14)7-10(2)13(9)19(16,17)15(3)12-4-5-18-8-12/h6-7,12H,4-5,8,14H2,1-3H3. The van der Waals surface area contributed by atoms with Gasteiger partial charge in [-0.15, -0.1) is 0 Å². The number of anilines is 1. The zero-order valence-corrected chi connectivity index (χ0v) is 13.1. The summed E-state index contributed by atoms with van der Waals surface area (Å²) in [5.41, 5.74) is 7.80. The molecular formula is C13H20N2O2S2. The third-order valence-electron chi connectivity index (χ3n) is 3.54. The summed E-state index contributed by atoms with van der Waals surface area (Å²) in [6.07, 6.45) is 0.924. The molecule has 0 aromatic heterocycles. The van der Waals surface area contributed by atoms with E-state index in [1.165, 1.54) is 4.31 Å². The van der Waals surface area contributed by atoms with Gasteiger partial charge in [-0.05, 0) is 49.3 Å². The topological polar surface area (TPSA) is 63.4 Å². The van der Waals surface area contributed by atoms with Crippen LogP contribution in [0.4, 0.5) is 5.69 Å². The van der Waals surface area contributed by atoms with Crippen LogP contribution in [0.5, 0.6) is 0 Å². The molecule has 2 rings (SSSR count). The monoisotopic (exact) mass is 300 g/mol. The normalized spacial score (nSPS) is 20.1. The molecule has 1 fully saturated rings. The van der Waals surface area contributed by atoms with Gasteiger partial charge in [-0.3, -0.25) is 0 Å². The van der Waals surface area contributed by atoms with Gasteiger partial charge in [0.15, 0.2) is 0 Å². The zero-order valence-electron chi connectivity index (χ0n) is 11.5. The van der Waals surface area contributed by atoms with Crippen LogP contribution in [0.15, 0.2) is 17.0 Å². The largest absolute Gasteiger partial charge is 0.399 e. The smallest absolute Gasteiger partial charge is 0.243 e. The average molecular weight is 300 g/mol. The van der Waals surface area contributed by atoms with Crippen molar-refractivity contribution in [3.8, 4) is 0 Å². The third-order valence-corrected chi connectivity index (χ3v) is 6.90. The first kappa shape index (κ1) is 14.7. The molecule has 1 aliphatic heterocycles. The van der Waals surface area contributed by atoms with E-state index >= 15 is 0 Å². The molecule has 4 nitrogen and oxygen atoms in total. The fourth-order valence-electron chi connectivity index (χ4n) is 2.54. The van der Waals surface area contributed by atoms with Gasteiger partial charge in [-0.2, -0.15) is 16.1 Å². The molecule has 0 saturated carbocycles. The molecule has 6 heteroatoms. The summed E-state index contributed by atoms with van der Waals surface area (Å²) in [5, 5.41) is 0. The molecule has 1 aliphatic rings. The summed E-state index contributed by atoms with van der Waals surface area (Å²) in [6, 6.07) is 3.54. The van der Waals surface area contributed by atoms with Crippen molar-refractivity contribution in [1.82, 2.24) is 4.31 Å². The highest BCUT2D eigenvalue weighted by atomic mass is 32.2. The summed E-state index contributed by atoms with van der Waals surface area (Å²) in [7, 11) is -1.75. The SMILES string of the molecule is Cc1cc(N)cc(C)c1S(=O)(=O)N(C)C1CCSC1. The molecule has 106 valence electrons. The number of benzene rings is 1. The Kier molecular flexibility index (Phi) is 4.13. The van der Waals surface area contributed by atoms with Gasteiger partial charge in [-0.25, -0.2) is 8.42 Å². The highest BCUT2D eigenvalue weighted by Gasteiger charge is 2.32. The van der Waals surface area contributed by atoms with Gasteiger partial charge in [0.2, 0.25) is 10.0 Å². The Balaban J connectivity index is 2.44. The Bertz CT molecular complexity index is 555. The second kappa shape index (κ2) is 5.34. The van der Waals surface area contributed by atoms with Gasteiger partial charge in [0.05, 0.1) is 4.90 Å². The lowest BCUT2D eigenvalue weighted by molar-refractivity contribution is 0.394. The van der Waals surface area contributed by atoms with Crippen LogP contribution >= 0.6 is 11.8 Å². The van der Waals surface area contributed by atoms with Crippen LogP contribution < -0.4 is 5.73 Å². The number of hydrogen-bond acceptors (Lipinski definition) is 4. The van der Waals surface area contributed by atoms with E-state index in [1.807, 2.05) is 0 Å². The Labute approximate surface area is 119 Å². The number of thioether (sulfide) groups is 1. The molecule has 0 bridgehead atoms. The zero-order chi connectivity index (χ0) is 14.2. The number of rotatable bonds is 3. The van der Waals surface area contributed by atoms with Crippen LogP contribution in [-0.4, -0.2) is 37.3 Å². The van der Waals surface area contributed by atoms with Crippen molar-refractivity contribution in [2.75, 3.05) is 24.3 Å². The molecule has 1 atom stereocenters. The summed E-state index contributed by atoms with van der Waals surface area (Å²) < 4.78 is 27.0. The van der Waals surface area contributed by atoms with Gasteiger partial charge in [0, 0.05) is 24.5 Å². The van der Waals surface area contributed by atoms with Gasteiger partial charge in [0.25, 0.3) is 0 Å². The highest BCUT2D eigenvalue weighted by molar-refractivity contribution is 7.99. The van der Waals surface area contributed by atoms with Crippen LogP contribution in [-0.2, 0) is 10.0 Å². The number of aryl methyl sites for hydroxylation is 2. The minimum atomic E-state index is -3.44. The lowest BCUT2D eigenvalue weighted by Gasteiger charge is -2.25. The van der Waals surface area contributed by atoms with Crippen molar-refractivity contribution in [3.63, 3.8) is 0 Å². The van der Waals surface area contributed by atoms with Crippen molar-refractivity contribution in [2.24, 2.45) is 0 Å². The first-order valence-electron chi connectivity index (χ1n) is 6.26. The molecule has 1 aromatic carbocycles. The number of hydrogen-bond donors (Lipinski definition) is 1. The molecule has 0 aliphatic carbocycles. The average Bonchev–Trinajstić information content (AvgIpc) is 2.78. The van der Waals surface area contributed by atoms with Crippen molar-refractivity contribution >= 4 is 27.5 Å². The van der Waals surface area contributed by atoms with E-state index < -0.39 is 10.0 Å². The Morgan fingerprint density at radius 3 is 2.37 bits per heavy atom. The molecule has 19 heavy (non-hydrogen) atoms. The minimum absolute atomic E-state index is 0.103. The second-order valence-corrected chi connectivity index (χ2v) is 8.11. The van der Waals surface area contributed by atoms with E-state index in [0.29, 0.717) is 10.6 Å².